The predicted molar refractivity (Wildman–Crippen MR) is 29.6 cm³/mol. The number of rotatable bonds is 1. The summed E-state index contributed by atoms with van der Waals surface area (Å²) < 4.78 is 21.0. The molecule has 0 radical (unpaired) electrons. The second-order valence-electron chi connectivity index (χ2n) is 1.27. The van der Waals surface area contributed by atoms with Crippen molar-refractivity contribution in [2.75, 3.05) is 0 Å². The fraction of sp³-hybridized carbons (Fsp3) is 0.667. The highest BCUT2D eigenvalue weighted by molar-refractivity contribution is 7.78. The molecule has 0 aromatic carbocycles. The van der Waals surface area contributed by atoms with Crippen LogP contribution >= 0.6 is 0 Å². The van der Waals surface area contributed by atoms with E-state index in [-0.39, 0.29) is 0 Å². The summed E-state index contributed by atoms with van der Waals surface area (Å²) in [6.07, 6.45) is 0. The first kappa shape index (κ1) is 6.78. The molecule has 0 bridgehead atoms. The van der Waals surface area contributed by atoms with Crippen molar-refractivity contribution < 1.29 is 8.76 Å². The van der Waals surface area contributed by atoms with E-state index in [9.17, 15) is 4.21 Å². The fourth-order valence-electron chi connectivity index (χ4n) is 0.156. The van der Waals surface area contributed by atoms with E-state index in [0.29, 0.717) is 5.71 Å². The second kappa shape index (κ2) is 2.87. The van der Waals surface area contributed by atoms with Crippen molar-refractivity contribution in [2.24, 2.45) is 4.40 Å². The van der Waals surface area contributed by atoms with Gasteiger partial charge in [-0.15, -0.1) is 0 Å². The Kier molecular flexibility index (Phi) is 2.78. The fourth-order valence-corrected chi connectivity index (χ4v) is 0.469. The van der Waals surface area contributed by atoms with Crippen molar-refractivity contribution in [3.63, 3.8) is 0 Å². The molecule has 1 atom stereocenters. The Balaban J connectivity index is 3.68. The molecule has 3 nitrogen and oxygen atoms in total. The Morgan fingerprint density at radius 3 is 2.14 bits per heavy atom. The van der Waals surface area contributed by atoms with Crippen molar-refractivity contribution in [2.45, 2.75) is 13.8 Å². The third kappa shape index (κ3) is 5.78. The first-order valence-corrected chi connectivity index (χ1v) is 2.82. The van der Waals surface area contributed by atoms with E-state index in [1.807, 2.05) is 0 Å². The van der Waals surface area contributed by atoms with Crippen LogP contribution in [0.1, 0.15) is 13.8 Å². The quantitative estimate of drug-likeness (QED) is 0.408. The normalized spacial score (nSPS) is 13.0. The molecule has 0 heterocycles. The minimum absolute atomic E-state index is 0.612. The molecule has 0 spiro atoms. The lowest BCUT2D eigenvalue weighted by molar-refractivity contribution is 0.566. The first-order valence-electron chi connectivity index (χ1n) is 1.76. The van der Waals surface area contributed by atoms with E-state index in [4.69, 9.17) is 4.55 Å². The SMILES string of the molecule is CC(C)=NS(=O)O. The van der Waals surface area contributed by atoms with E-state index >= 15 is 0 Å². The molecule has 0 aromatic rings. The van der Waals surface area contributed by atoms with Crippen LogP contribution in [0.3, 0.4) is 0 Å². The summed E-state index contributed by atoms with van der Waals surface area (Å²) in [7, 11) is 0. The van der Waals surface area contributed by atoms with Gasteiger partial charge in [-0.1, -0.05) is 0 Å². The van der Waals surface area contributed by atoms with Crippen LogP contribution in [0.4, 0.5) is 0 Å². The lowest BCUT2D eigenvalue weighted by atomic mass is 10.5. The lowest BCUT2D eigenvalue weighted by Gasteiger charge is -1.80. The van der Waals surface area contributed by atoms with Gasteiger partial charge in [0.1, 0.15) is 0 Å². The molecule has 0 aliphatic rings. The van der Waals surface area contributed by atoms with Crippen LogP contribution in [0.15, 0.2) is 4.40 Å². The summed E-state index contributed by atoms with van der Waals surface area (Å²) in [5.41, 5.74) is 0.612. The van der Waals surface area contributed by atoms with Crippen molar-refractivity contribution in [1.82, 2.24) is 0 Å². The molecular formula is C3H7NO2S. The highest BCUT2D eigenvalue weighted by Crippen LogP contribution is 1.77. The molecular weight excluding hydrogens is 114 g/mol. The van der Waals surface area contributed by atoms with Gasteiger partial charge in [0.2, 0.25) is 0 Å². The zero-order valence-corrected chi connectivity index (χ0v) is 5.03. The molecule has 0 aromatic heterocycles. The lowest BCUT2D eigenvalue weighted by Crippen LogP contribution is -1.85. The summed E-state index contributed by atoms with van der Waals surface area (Å²) >= 11 is -2.01. The van der Waals surface area contributed by atoms with Crippen LogP contribution in [-0.2, 0) is 11.3 Å². The Morgan fingerprint density at radius 2 is 2.14 bits per heavy atom. The van der Waals surface area contributed by atoms with Crippen LogP contribution < -0.4 is 0 Å². The van der Waals surface area contributed by atoms with Crippen LogP contribution in [0, 0.1) is 0 Å². The van der Waals surface area contributed by atoms with Gasteiger partial charge in [0.05, 0.1) is 0 Å². The zero-order chi connectivity index (χ0) is 5.86. The number of hydrogen-bond acceptors (Lipinski definition) is 1. The Bertz CT molecular complexity index is 106. The zero-order valence-electron chi connectivity index (χ0n) is 4.21. The van der Waals surface area contributed by atoms with E-state index in [2.05, 4.69) is 4.40 Å². The van der Waals surface area contributed by atoms with Gasteiger partial charge >= 0.3 is 0 Å². The molecule has 0 amide bonds. The minimum Gasteiger partial charge on any atom is -0.288 e. The predicted octanol–water partition coefficient (Wildman–Crippen LogP) is 0.604. The van der Waals surface area contributed by atoms with Gasteiger partial charge < -0.3 is 0 Å². The van der Waals surface area contributed by atoms with Gasteiger partial charge in [0.15, 0.2) is 0 Å². The Labute approximate surface area is 44.9 Å². The molecule has 0 saturated heterocycles. The maximum atomic E-state index is 9.73. The molecule has 0 rings (SSSR count). The topological polar surface area (TPSA) is 49.7 Å². The summed E-state index contributed by atoms with van der Waals surface area (Å²) in [6.45, 7) is 3.32. The Morgan fingerprint density at radius 1 is 1.71 bits per heavy atom. The maximum Gasteiger partial charge on any atom is 0.281 e. The molecule has 7 heavy (non-hydrogen) atoms. The van der Waals surface area contributed by atoms with Crippen molar-refractivity contribution in [1.29, 1.82) is 0 Å². The minimum atomic E-state index is -2.01. The standard InChI is InChI=1S/C3H7NO2S/c1-3(2)4-7(5)6/h1-2H3,(H,5,6). The monoisotopic (exact) mass is 121 g/mol. The molecule has 0 aliphatic carbocycles. The van der Waals surface area contributed by atoms with Crippen molar-refractivity contribution in [3.05, 3.63) is 0 Å². The van der Waals surface area contributed by atoms with Crippen molar-refractivity contribution in [3.8, 4) is 0 Å². The van der Waals surface area contributed by atoms with Gasteiger partial charge in [-0.2, -0.15) is 4.40 Å². The van der Waals surface area contributed by atoms with Crippen LogP contribution in [-0.4, -0.2) is 14.5 Å². The molecule has 0 aliphatic heterocycles. The molecule has 0 saturated carbocycles. The third-order valence-corrected chi connectivity index (χ3v) is 0.782. The molecule has 1 N–H and O–H groups in total. The van der Waals surface area contributed by atoms with E-state index in [0.717, 1.165) is 0 Å². The van der Waals surface area contributed by atoms with Crippen LogP contribution in [0.5, 0.6) is 0 Å². The van der Waals surface area contributed by atoms with Crippen molar-refractivity contribution >= 4 is 17.0 Å². The molecule has 0 fully saturated rings. The smallest absolute Gasteiger partial charge is 0.281 e. The highest BCUT2D eigenvalue weighted by atomic mass is 32.2. The third-order valence-electron chi connectivity index (χ3n) is 0.261. The highest BCUT2D eigenvalue weighted by Gasteiger charge is 1.81. The van der Waals surface area contributed by atoms with Gasteiger partial charge in [-0.25, -0.2) is 4.21 Å². The van der Waals surface area contributed by atoms with E-state index < -0.39 is 11.3 Å². The number of hydrogen-bond donors (Lipinski definition) is 1. The average Bonchev–Trinajstić information content (AvgIpc) is 1.27. The van der Waals surface area contributed by atoms with E-state index in [1.165, 1.54) is 0 Å². The average molecular weight is 121 g/mol. The van der Waals surface area contributed by atoms with Crippen LogP contribution in [0.25, 0.3) is 0 Å². The van der Waals surface area contributed by atoms with Crippen LogP contribution in [0.2, 0.25) is 0 Å². The van der Waals surface area contributed by atoms with Gasteiger partial charge in [0, 0.05) is 5.71 Å². The van der Waals surface area contributed by atoms with Gasteiger partial charge in [-0.05, 0) is 13.8 Å². The summed E-state index contributed by atoms with van der Waals surface area (Å²) in [5.74, 6) is 0. The molecule has 4 heteroatoms. The van der Waals surface area contributed by atoms with E-state index in [1.54, 1.807) is 13.8 Å². The molecule has 1 unspecified atom stereocenters. The first-order chi connectivity index (χ1) is 3.13. The maximum absolute atomic E-state index is 9.73. The molecule has 42 valence electrons. The van der Waals surface area contributed by atoms with Gasteiger partial charge in [-0.3, -0.25) is 4.55 Å². The largest absolute Gasteiger partial charge is 0.288 e. The summed E-state index contributed by atoms with van der Waals surface area (Å²) in [5, 5.41) is 0. The Hall–Kier alpha value is -0.220. The van der Waals surface area contributed by atoms with Gasteiger partial charge in [0.25, 0.3) is 11.3 Å². The summed E-state index contributed by atoms with van der Waals surface area (Å²) in [6, 6.07) is 0. The number of nitrogens with zero attached hydrogens (tertiary/aromatic N) is 1. The summed E-state index contributed by atoms with van der Waals surface area (Å²) in [4.78, 5) is 0. The second-order valence-corrected chi connectivity index (χ2v) is 1.91.